The summed E-state index contributed by atoms with van der Waals surface area (Å²) < 4.78 is 48.7. The van der Waals surface area contributed by atoms with E-state index in [4.69, 9.17) is 56.7 Å². The minimum atomic E-state index is -4.02. The first-order valence-corrected chi connectivity index (χ1v) is 13.4. The maximum Gasteiger partial charge on any atom is 0.509 e. The third-order valence-corrected chi connectivity index (χ3v) is 8.32. The van der Waals surface area contributed by atoms with Crippen molar-refractivity contribution < 1.29 is 37.1 Å². The summed E-state index contributed by atoms with van der Waals surface area (Å²) in [5.74, 6) is 0.184. The summed E-state index contributed by atoms with van der Waals surface area (Å²) >= 11 is 12.2. The molecule has 0 spiro atoms. The lowest BCUT2D eigenvalue weighted by Gasteiger charge is -2.30. The number of hydrogen-bond donors (Lipinski definition) is 1. The van der Waals surface area contributed by atoms with Gasteiger partial charge < -0.3 is 19.9 Å². The number of halogens is 2. The maximum atomic E-state index is 13.3. The number of carbonyl (C=O) groups is 1. The molecule has 6 atom stereocenters. The van der Waals surface area contributed by atoms with Gasteiger partial charge in [0.05, 0.1) is 25.6 Å². The Hall–Kier alpha value is -2.51. The Morgan fingerprint density at radius 3 is 2.81 bits per heavy atom. The number of hydrogen-bond acceptors (Lipinski definition) is 12. The lowest BCUT2D eigenvalue weighted by molar-refractivity contribution is -0.0925. The molecule has 0 bridgehead atoms. The first-order valence-electron chi connectivity index (χ1n) is 11.2. The van der Waals surface area contributed by atoms with E-state index in [1.54, 1.807) is 29.7 Å². The van der Waals surface area contributed by atoms with Gasteiger partial charge in [0.1, 0.15) is 17.9 Å². The third kappa shape index (κ3) is 4.34. The average molecular weight is 572 g/mol. The number of anilines is 1. The monoisotopic (exact) mass is 571 g/mol. The van der Waals surface area contributed by atoms with E-state index >= 15 is 0 Å². The third-order valence-electron chi connectivity index (χ3n) is 6.40. The fourth-order valence-electron chi connectivity index (χ4n) is 4.73. The average Bonchev–Trinajstić information content (AvgIpc) is 3.47. The van der Waals surface area contributed by atoms with Gasteiger partial charge in [-0.1, -0.05) is 23.2 Å². The molecule has 3 aliphatic rings. The van der Waals surface area contributed by atoms with Gasteiger partial charge in [0.15, 0.2) is 29.4 Å². The van der Waals surface area contributed by atoms with Crippen molar-refractivity contribution in [2.45, 2.75) is 43.5 Å². The molecule has 2 unspecified atom stereocenters. The van der Waals surface area contributed by atoms with Crippen molar-refractivity contribution >= 4 is 54.2 Å². The van der Waals surface area contributed by atoms with Crippen LogP contribution in [0.2, 0.25) is 10.0 Å². The second-order valence-electron chi connectivity index (χ2n) is 8.85. The zero-order valence-corrected chi connectivity index (χ0v) is 21.6. The van der Waals surface area contributed by atoms with Crippen molar-refractivity contribution in [3.8, 4) is 0 Å². The number of aromatic nitrogens is 4. The van der Waals surface area contributed by atoms with E-state index in [2.05, 4.69) is 15.0 Å². The minimum Gasteiger partial charge on any atom is -0.424 e. The molecule has 2 N–H and O–H groups in total. The van der Waals surface area contributed by atoms with Crippen LogP contribution in [-0.4, -0.2) is 56.7 Å². The Morgan fingerprint density at radius 1 is 1.24 bits per heavy atom. The Balaban J connectivity index is 1.22. The van der Waals surface area contributed by atoms with E-state index in [0.29, 0.717) is 33.2 Å². The van der Waals surface area contributed by atoms with Crippen molar-refractivity contribution in [2.75, 3.05) is 18.9 Å². The Bertz CT molecular complexity index is 1420. The SMILES string of the molecule is C[C@@]12OC(=O)O[C@@H]1[C@@H](COP1(=O)OCCC(c3cc(Cl)cc(Cl)c3)O1)O[C@H]2n1cnc2c(N)ncnc21. The predicted molar refractivity (Wildman–Crippen MR) is 128 cm³/mol. The number of phosphoric acid groups is 1. The molecule has 0 amide bonds. The zero-order chi connectivity index (χ0) is 25.9. The molecule has 0 saturated carbocycles. The maximum absolute atomic E-state index is 13.3. The predicted octanol–water partition coefficient (Wildman–Crippen LogP) is 4.21. The molecule has 1 aromatic carbocycles. The number of ether oxygens (including phenoxy) is 3. The molecule has 5 heterocycles. The van der Waals surface area contributed by atoms with Crippen molar-refractivity contribution in [2.24, 2.45) is 0 Å². The highest BCUT2D eigenvalue weighted by Gasteiger charge is 2.64. The summed E-state index contributed by atoms with van der Waals surface area (Å²) in [6.07, 6.45) is -1.04. The summed E-state index contributed by atoms with van der Waals surface area (Å²) in [5, 5.41) is 0.834. The fraction of sp³-hybridized carbons (Fsp3) is 0.429. The quantitative estimate of drug-likeness (QED) is 0.343. The standard InChI is InChI=1S/C21H20Cl2N5O8P/c1-21-16(34-20(29)35-21)14(33-19(21)28-9-27-15-17(24)25-8-26-18(15)28)7-32-37(30)31-3-2-13(36-37)10-4-11(22)6-12(23)5-10/h4-6,8-9,13-14,16,19H,2-3,7H2,1H3,(H2,24,25,26)/t13?,14-,16-,19-,21-,37?/m1/s1. The number of fused-ring (bicyclic) bond motifs is 2. The van der Waals surface area contributed by atoms with Gasteiger partial charge in [0.25, 0.3) is 0 Å². The Labute approximate surface area is 219 Å². The molecular formula is C21H20Cl2N5O8P. The number of rotatable bonds is 5. The number of nitrogens with zero attached hydrogens (tertiary/aromatic N) is 4. The molecule has 2 aromatic heterocycles. The van der Waals surface area contributed by atoms with Gasteiger partial charge in [-0.25, -0.2) is 24.3 Å². The van der Waals surface area contributed by atoms with E-state index < -0.39 is 44.1 Å². The van der Waals surface area contributed by atoms with Gasteiger partial charge in [0.2, 0.25) is 0 Å². The molecule has 16 heteroatoms. The van der Waals surface area contributed by atoms with Crippen molar-refractivity contribution in [1.29, 1.82) is 0 Å². The second kappa shape index (κ2) is 9.05. The van der Waals surface area contributed by atoms with Crippen LogP contribution in [0.4, 0.5) is 10.6 Å². The highest BCUT2D eigenvalue weighted by molar-refractivity contribution is 7.48. The molecule has 0 aliphatic carbocycles. The van der Waals surface area contributed by atoms with Crippen LogP contribution < -0.4 is 5.73 Å². The lowest BCUT2D eigenvalue weighted by Crippen LogP contribution is -2.42. The Kier molecular flexibility index (Phi) is 6.07. The number of carbonyl (C=O) groups excluding carboxylic acids is 1. The molecule has 3 aliphatic heterocycles. The number of benzene rings is 1. The first-order chi connectivity index (χ1) is 17.6. The van der Waals surface area contributed by atoms with Crippen molar-refractivity contribution in [1.82, 2.24) is 19.5 Å². The van der Waals surface area contributed by atoms with Gasteiger partial charge in [-0.2, -0.15) is 0 Å². The molecule has 0 radical (unpaired) electrons. The number of nitrogen functional groups attached to an aromatic ring is 1. The van der Waals surface area contributed by atoms with Gasteiger partial charge in [-0.15, -0.1) is 0 Å². The van der Waals surface area contributed by atoms with Crippen LogP contribution in [0.3, 0.4) is 0 Å². The molecular weight excluding hydrogens is 552 g/mol. The first kappa shape index (κ1) is 24.8. The molecule has 3 saturated heterocycles. The summed E-state index contributed by atoms with van der Waals surface area (Å²) in [5.41, 5.74) is 5.99. The van der Waals surface area contributed by atoms with Crippen molar-refractivity contribution in [3.05, 3.63) is 46.5 Å². The number of nitrogens with two attached hydrogens (primary N) is 1. The van der Waals surface area contributed by atoms with Crippen LogP contribution in [0, 0.1) is 0 Å². The molecule has 37 heavy (non-hydrogen) atoms. The van der Waals surface area contributed by atoms with Crippen LogP contribution in [0.25, 0.3) is 11.2 Å². The van der Waals surface area contributed by atoms with Crippen LogP contribution in [0.5, 0.6) is 0 Å². The summed E-state index contributed by atoms with van der Waals surface area (Å²) in [4.78, 5) is 24.5. The lowest BCUT2D eigenvalue weighted by atomic mass is 9.96. The van der Waals surface area contributed by atoms with Gasteiger partial charge in [-0.05, 0) is 30.7 Å². The van der Waals surface area contributed by atoms with Gasteiger partial charge >= 0.3 is 14.0 Å². The largest absolute Gasteiger partial charge is 0.509 e. The molecule has 13 nitrogen and oxygen atoms in total. The van der Waals surface area contributed by atoms with Crippen LogP contribution >= 0.6 is 31.0 Å². The Morgan fingerprint density at radius 2 is 2.03 bits per heavy atom. The van der Waals surface area contributed by atoms with E-state index in [1.165, 1.54) is 12.7 Å². The molecule has 196 valence electrons. The van der Waals surface area contributed by atoms with E-state index in [1.807, 2.05) is 0 Å². The summed E-state index contributed by atoms with van der Waals surface area (Å²) in [6, 6.07) is 4.93. The van der Waals surface area contributed by atoms with E-state index in [-0.39, 0.29) is 19.0 Å². The molecule has 3 fully saturated rings. The van der Waals surface area contributed by atoms with Gasteiger partial charge in [-0.3, -0.25) is 18.1 Å². The highest BCUT2D eigenvalue weighted by atomic mass is 35.5. The van der Waals surface area contributed by atoms with Gasteiger partial charge in [0, 0.05) is 16.5 Å². The van der Waals surface area contributed by atoms with Crippen molar-refractivity contribution in [3.63, 3.8) is 0 Å². The summed E-state index contributed by atoms with van der Waals surface area (Å²) in [6.45, 7) is 1.47. The topological polar surface area (TPSA) is 159 Å². The molecule has 6 rings (SSSR count). The number of imidazole rings is 1. The van der Waals surface area contributed by atoms with Crippen LogP contribution in [0.1, 0.15) is 31.2 Å². The fourth-order valence-corrected chi connectivity index (χ4v) is 6.67. The summed E-state index contributed by atoms with van der Waals surface area (Å²) in [7, 11) is -4.02. The second-order valence-corrected chi connectivity index (χ2v) is 11.3. The number of phosphoric ester groups is 1. The van der Waals surface area contributed by atoms with Crippen LogP contribution in [-0.2, 0) is 32.3 Å². The molecule has 3 aromatic rings. The smallest absolute Gasteiger partial charge is 0.424 e. The van der Waals surface area contributed by atoms with Crippen LogP contribution in [0.15, 0.2) is 30.9 Å². The van der Waals surface area contributed by atoms with E-state index in [9.17, 15) is 9.36 Å². The van der Waals surface area contributed by atoms with E-state index in [0.717, 1.165) is 0 Å². The zero-order valence-electron chi connectivity index (χ0n) is 19.2. The minimum absolute atomic E-state index is 0.113. The normalized spacial score (nSPS) is 33.3. The highest BCUT2D eigenvalue weighted by Crippen LogP contribution is 2.58.